The van der Waals surface area contributed by atoms with E-state index in [1.54, 1.807) is 0 Å². The van der Waals surface area contributed by atoms with Gasteiger partial charge in [0.25, 0.3) is 0 Å². The number of hydrogen-bond donors (Lipinski definition) is 1. The first kappa shape index (κ1) is 14.5. The van der Waals surface area contributed by atoms with Crippen LogP contribution >= 0.6 is 0 Å². The fraction of sp³-hybridized carbons (Fsp3) is 0.647. The smallest absolute Gasteiger partial charge is 0.0534 e. The van der Waals surface area contributed by atoms with Gasteiger partial charge in [-0.05, 0) is 51.1 Å². The third kappa shape index (κ3) is 4.05. The molecule has 106 valence electrons. The molecule has 1 saturated carbocycles. The summed E-state index contributed by atoms with van der Waals surface area (Å²) in [7, 11) is 2.05. The Labute approximate surface area is 117 Å². The van der Waals surface area contributed by atoms with Crippen molar-refractivity contribution in [3.8, 4) is 0 Å². The molecule has 2 rings (SSSR count). The van der Waals surface area contributed by atoms with Gasteiger partial charge in [0.1, 0.15) is 0 Å². The summed E-state index contributed by atoms with van der Waals surface area (Å²) in [6.45, 7) is 4.93. The zero-order valence-corrected chi connectivity index (χ0v) is 12.3. The van der Waals surface area contributed by atoms with Crippen molar-refractivity contribution in [2.45, 2.75) is 32.6 Å². The van der Waals surface area contributed by atoms with Gasteiger partial charge in [-0.25, -0.2) is 0 Å². The number of aryl methyl sites for hydroxylation is 1. The summed E-state index contributed by atoms with van der Waals surface area (Å²) in [5.74, 6) is 0.883. The molecule has 1 aliphatic carbocycles. The zero-order chi connectivity index (χ0) is 13.6. The summed E-state index contributed by atoms with van der Waals surface area (Å²) in [4.78, 5) is 0. The van der Waals surface area contributed by atoms with Crippen LogP contribution in [0, 0.1) is 11.3 Å². The van der Waals surface area contributed by atoms with Gasteiger partial charge in [0.05, 0.1) is 6.61 Å². The molecule has 1 aliphatic rings. The lowest BCUT2D eigenvalue weighted by Crippen LogP contribution is -2.47. The first-order chi connectivity index (χ1) is 9.28. The molecule has 0 saturated heterocycles. The van der Waals surface area contributed by atoms with Gasteiger partial charge in [0, 0.05) is 18.6 Å². The fourth-order valence-corrected chi connectivity index (χ4v) is 3.39. The SMILES string of the molecule is CCOCC1(CNC)CC(CCc2ccccc2)C1. The van der Waals surface area contributed by atoms with Crippen LogP contribution in [0.3, 0.4) is 0 Å². The van der Waals surface area contributed by atoms with Crippen molar-refractivity contribution in [1.29, 1.82) is 0 Å². The van der Waals surface area contributed by atoms with E-state index in [1.165, 1.54) is 31.2 Å². The van der Waals surface area contributed by atoms with Crippen molar-refractivity contribution >= 4 is 0 Å². The Kier molecular flexibility index (Phi) is 5.41. The number of ether oxygens (including phenoxy) is 1. The summed E-state index contributed by atoms with van der Waals surface area (Å²) in [5.41, 5.74) is 1.88. The molecule has 0 heterocycles. The molecule has 2 heteroatoms. The Morgan fingerprint density at radius 3 is 2.63 bits per heavy atom. The maximum Gasteiger partial charge on any atom is 0.0534 e. The molecule has 0 unspecified atom stereocenters. The summed E-state index contributed by atoms with van der Waals surface area (Å²) < 4.78 is 5.66. The molecule has 1 N–H and O–H groups in total. The molecule has 0 atom stereocenters. The summed E-state index contributed by atoms with van der Waals surface area (Å²) in [6, 6.07) is 10.8. The second-order valence-corrected chi connectivity index (χ2v) is 5.97. The first-order valence-corrected chi connectivity index (χ1v) is 7.54. The highest BCUT2D eigenvalue weighted by Crippen LogP contribution is 2.47. The largest absolute Gasteiger partial charge is 0.381 e. The summed E-state index contributed by atoms with van der Waals surface area (Å²) in [5, 5.41) is 3.33. The van der Waals surface area contributed by atoms with Gasteiger partial charge < -0.3 is 10.1 Å². The second kappa shape index (κ2) is 7.06. The number of benzene rings is 1. The quantitative estimate of drug-likeness (QED) is 0.775. The van der Waals surface area contributed by atoms with Crippen LogP contribution in [0.5, 0.6) is 0 Å². The minimum Gasteiger partial charge on any atom is -0.381 e. The monoisotopic (exact) mass is 261 g/mol. The lowest BCUT2D eigenvalue weighted by Gasteiger charge is -2.48. The van der Waals surface area contributed by atoms with Crippen molar-refractivity contribution in [2.24, 2.45) is 11.3 Å². The van der Waals surface area contributed by atoms with Crippen LogP contribution in [-0.2, 0) is 11.2 Å². The summed E-state index contributed by atoms with van der Waals surface area (Å²) >= 11 is 0. The van der Waals surface area contributed by atoms with Crippen LogP contribution in [0.4, 0.5) is 0 Å². The molecule has 1 fully saturated rings. The van der Waals surface area contributed by atoms with Crippen LogP contribution in [-0.4, -0.2) is 26.8 Å². The van der Waals surface area contributed by atoms with E-state index in [9.17, 15) is 0 Å². The number of nitrogens with one attached hydrogen (secondary N) is 1. The normalized spacial score (nSPS) is 26.1. The van der Waals surface area contributed by atoms with Crippen LogP contribution in [0.1, 0.15) is 31.7 Å². The third-order valence-corrected chi connectivity index (χ3v) is 4.29. The molecule has 0 amide bonds. The topological polar surface area (TPSA) is 21.3 Å². The molecule has 0 aromatic heterocycles. The molecule has 1 aromatic rings. The van der Waals surface area contributed by atoms with Crippen LogP contribution < -0.4 is 5.32 Å². The van der Waals surface area contributed by atoms with Gasteiger partial charge in [-0.3, -0.25) is 0 Å². The highest BCUT2D eigenvalue weighted by molar-refractivity contribution is 5.15. The van der Waals surface area contributed by atoms with E-state index in [4.69, 9.17) is 4.74 Å². The Hall–Kier alpha value is -0.860. The van der Waals surface area contributed by atoms with Gasteiger partial charge in [0.2, 0.25) is 0 Å². The third-order valence-electron chi connectivity index (χ3n) is 4.29. The Morgan fingerprint density at radius 1 is 1.26 bits per heavy atom. The highest BCUT2D eigenvalue weighted by atomic mass is 16.5. The number of hydrogen-bond acceptors (Lipinski definition) is 2. The van der Waals surface area contributed by atoms with Crippen LogP contribution in [0.25, 0.3) is 0 Å². The molecule has 19 heavy (non-hydrogen) atoms. The van der Waals surface area contributed by atoms with E-state index in [2.05, 4.69) is 42.6 Å². The van der Waals surface area contributed by atoms with Crippen molar-refractivity contribution in [1.82, 2.24) is 5.32 Å². The molecular weight excluding hydrogens is 234 g/mol. The van der Waals surface area contributed by atoms with Crippen LogP contribution in [0.15, 0.2) is 30.3 Å². The Bertz CT molecular complexity index is 357. The van der Waals surface area contributed by atoms with Gasteiger partial charge >= 0.3 is 0 Å². The van der Waals surface area contributed by atoms with Gasteiger partial charge in [-0.15, -0.1) is 0 Å². The van der Waals surface area contributed by atoms with E-state index < -0.39 is 0 Å². The Balaban J connectivity index is 1.74. The lowest BCUT2D eigenvalue weighted by molar-refractivity contribution is -0.0372. The molecule has 0 bridgehead atoms. The van der Waals surface area contributed by atoms with E-state index in [-0.39, 0.29) is 0 Å². The van der Waals surface area contributed by atoms with Gasteiger partial charge in [-0.1, -0.05) is 30.3 Å². The zero-order valence-electron chi connectivity index (χ0n) is 12.3. The van der Waals surface area contributed by atoms with E-state index in [1.807, 2.05) is 7.05 Å². The fourth-order valence-electron chi connectivity index (χ4n) is 3.39. The molecule has 0 radical (unpaired) electrons. The van der Waals surface area contributed by atoms with Crippen molar-refractivity contribution in [3.05, 3.63) is 35.9 Å². The standard InChI is InChI=1S/C17H27NO/c1-3-19-14-17(13-18-2)11-16(12-17)10-9-15-7-5-4-6-8-15/h4-8,16,18H,3,9-14H2,1-2H3. The minimum atomic E-state index is 0.409. The molecule has 0 spiro atoms. The van der Waals surface area contributed by atoms with Crippen molar-refractivity contribution in [2.75, 3.05) is 26.8 Å². The molecule has 1 aromatic carbocycles. The Morgan fingerprint density at radius 2 is 2.00 bits per heavy atom. The molecule has 0 aliphatic heterocycles. The first-order valence-electron chi connectivity index (χ1n) is 7.54. The molecule has 2 nitrogen and oxygen atoms in total. The van der Waals surface area contributed by atoms with Crippen molar-refractivity contribution in [3.63, 3.8) is 0 Å². The van der Waals surface area contributed by atoms with Gasteiger partial charge in [0.15, 0.2) is 0 Å². The van der Waals surface area contributed by atoms with Gasteiger partial charge in [-0.2, -0.15) is 0 Å². The highest BCUT2D eigenvalue weighted by Gasteiger charge is 2.43. The lowest BCUT2D eigenvalue weighted by atomic mass is 9.61. The van der Waals surface area contributed by atoms with E-state index in [0.717, 1.165) is 25.7 Å². The second-order valence-electron chi connectivity index (χ2n) is 5.97. The average Bonchev–Trinajstić information content (AvgIpc) is 2.41. The van der Waals surface area contributed by atoms with E-state index in [0.29, 0.717) is 5.41 Å². The van der Waals surface area contributed by atoms with Crippen LogP contribution in [0.2, 0.25) is 0 Å². The van der Waals surface area contributed by atoms with Crippen molar-refractivity contribution < 1.29 is 4.74 Å². The molecular formula is C17H27NO. The minimum absolute atomic E-state index is 0.409. The average molecular weight is 261 g/mol. The summed E-state index contributed by atoms with van der Waals surface area (Å²) in [6.07, 6.45) is 5.18. The van der Waals surface area contributed by atoms with E-state index >= 15 is 0 Å². The predicted molar refractivity (Wildman–Crippen MR) is 80.3 cm³/mol. The maximum atomic E-state index is 5.66. The maximum absolute atomic E-state index is 5.66. The number of rotatable bonds is 8. The predicted octanol–water partition coefficient (Wildman–Crippen LogP) is 3.27.